The van der Waals surface area contributed by atoms with Gasteiger partial charge in [-0.2, -0.15) is 0 Å². The van der Waals surface area contributed by atoms with E-state index in [1.54, 1.807) is 0 Å². The number of hydrogen-bond donors (Lipinski definition) is 2. The van der Waals surface area contributed by atoms with Gasteiger partial charge in [0.05, 0.1) is 6.10 Å². The average Bonchev–Trinajstić information content (AvgIpc) is 3.04. The number of nitrogens with one attached hydrogen (secondary N) is 1. The Morgan fingerprint density at radius 3 is 2.68 bits per heavy atom. The molecule has 1 heterocycles. The number of anilines is 1. The molecule has 0 saturated carbocycles. The molecule has 130 valence electrons. The van der Waals surface area contributed by atoms with Crippen LogP contribution < -0.4 is 10.2 Å². The van der Waals surface area contributed by atoms with E-state index in [1.807, 2.05) is 25.1 Å². The van der Waals surface area contributed by atoms with E-state index in [-0.39, 0.29) is 6.54 Å². The molecule has 5 nitrogen and oxygen atoms in total. The highest BCUT2D eigenvalue weighted by Gasteiger charge is 2.29. The van der Waals surface area contributed by atoms with Crippen molar-refractivity contribution in [2.24, 2.45) is 0 Å². The predicted molar refractivity (Wildman–Crippen MR) is 91.6 cm³/mol. The summed E-state index contributed by atoms with van der Waals surface area (Å²) < 4.78 is 12.9. The number of aliphatic hydroxyl groups excluding tert-OH is 1. The zero-order chi connectivity index (χ0) is 18.0. The second kappa shape index (κ2) is 7.03. The van der Waals surface area contributed by atoms with Gasteiger partial charge in [-0.1, -0.05) is 24.3 Å². The standard InChI is InChI=1S/C19H19FN2O3/c1-12-3-2-4-16-15(12)9-10-22(16)19(25)18(24)21-11-17(23)13-5-7-14(20)8-6-13/h2-8,17,23H,9-11H2,1H3,(H,21,24). The van der Waals surface area contributed by atoms with Gasteiger partial charge in [0.25, 0.3) is 0 Å². The number of benzene rings is 2. The fourth-order valence-corrected chi connectivity index (χ4v) is 3.01. The quantitative estimate of drug-likeness (QED) is 0.837. The number of amides is 2. The monoisotopic (exact) mass is 342 g/mol. The number of aryl methyl sites for hydroxylation is 1. The van der Waals surface area contributed by atoms with Crippen LogP contribution in [0.2, 0.25) is 0 Å². The molecule has 0 bridgehead atoms. The zero-order valence-corrected chi connectivity index (χ0v) is 13.8. The maximum atomic E-state index is 12.9. The molecule has 2 amide bonds. The summed E-state index contributed by atoms with van der Waals surface area (Å²) in [5, 5.41) is 12.5. The van der Waals surface area contributed by atoms with Crippen molar-refractivity contribution in [2.45, 2.75) is 19.4 Å². The number of hydrogen-bond acceptors (Lipinski definition) is 3. The summed E-state index contributed by atoms with van der Waals surface area (Å²) in [7, 11) is 0. The molecule has 2 aromatic rings. The highest BCUT2D eigenvalue weighted by molar-refractivity contribution is 6.40. The smallest absolute Gasteiger partial charge is 0.316 e. The van der Waals surface area contributed by atoms with Crippen LogP contribution in [0.4, 0.5) is 10.1 Å². The summed E-state index contributed by atoms with van der Waals surface area (Å²) in [6.45, 7) is 2.32. The lowest BCUT2D eigenvalue weighted by Crippen LogP contribution is -2.43. The molecule has 0 fully saturated rings. The topological polar surface area (TPSA) is 69.6 Å². The Morgan fingerprint density at radius 1 is 1.24 bits per heavy atom. The number of aliphatic hydroxyl groups is 1. The number of halogens is 1. The minimum atomic E-state index is -1.01. The van der Waals surface area contributed by atoms with Gasteiger partial charge in [0.15, 0.2) is 0 Å². The first-order valence-electron chi connectivity index (χ1n) is 8.09. The van der Waals surface area contributed by atoms with E-state index in [0.717, 1.165) is 23.2 Å². The minimum absolute atomic E-state index is 0.120. The van der Waals surface area contributed by atoms with Crippen LogP contribution in [0.3, 0.4) is 0 Å². The SMILES string of the molecule is Cc1cccc2c1CCN2C(=O)C(=O)NCC(O)c1ccc(F)cc1. The van der Waals surface area contributed by atoms with Crippen LogP contribution in [0.25, 0.3) is 0 Å². The molecule has 25 heavy (non-hydrogen) atoms. The van der Waals surface area contributed by atoms with Crippen molar-refractivity contribution < 1.29 is 19.1 Å². The van der Waals surface area contributed by atoms with Crippen LogP contribution >= 0.6 is 0 Å². The summed E-state index contributed by atoms with van der Waals surface area (Å²) in [5.74, 6) is -1.82. The molecule has 0 aliphatic carbocycles. The summed E-state index contributed by atoms with van der Waals surface area (Å²) in [4.78, 5) is 26.0. The first-order valence-corrected chi connectivity index (χ1v) is 8.09. The van der Waals surface area contributed by atoms with E-state index in [1.165, 1.54) is 29.2 Å². The van der Waals surface area contributed by atoms with E-state index in [4.69, 9.17) is 0 Å². The molecule has 0 spiro atoms. The highest BCUT2D eigenvalue weighted by Crippen LogP contribution is 2.30. The van der Waals surface area contributed by atoms with E-state index in [0.29, 0.717) is 12.1 Å². The highest BCUT2D eigenvalue weighted by atomic mass is 19.1. The molecule has 1 aliphatic heterocycles. The van der Waals surface area contributed by atoms with E-state index in [9.17, 15) is 19.1 Å². The Bertz CT molecular complexity index is 805. The van der Waals surface area contributed by atoms with Gasteiger partial charge in [-0.3, -0.25) is 9.59 Å². The summed E-state index contributed by atoms with van der Waals surface area (Å²) in [6, 6.07) is 11.0. The van der Waals surface area contributed by atoms with E-state index in [2.05, 4.69) is 5.32 Å². The zero-order valence-electron chi connectivity index (χ0n) is 13.8. The molecular formula is C19H19FN2O3. The Balaban J connectivity index is 1.62. The number of fused-ring (bicyclic) bond motifs is 1. The normalized spacial score (nSPS) is 14.1. The van der Waals surface area contributed by atoms with Crippen LogP contribution in [0.5, 0.6) is 0 Å². The third-order valence-electron chi connectivity index (χ3n) is 4.41. The summed E-state index contributed by atoms with van der Waals surface area (Å²) in [5.41, 5.74) is 3.41. The van der Waals surface area contributed by atoms with Crippen molar-refractivity contribution in [1.29, 1.82) is 0 Å². The fraction of sp³-hybridized carbons (Fsp3) is 0.263. The fourth-order valence-electron chi connectivity index (χ4n) is 3.01. The van der Waals surface area contributed by atoms with Crippen LogP contribution in [0.15, 0.2) is 42.5 Å². The molecule has 6 heteroatoms. The van der Waals surface area contributed by atoms with Crippen LogP contribution in [0, 0.1) is 12.7 Å². The van der Waals surface area contributed by atoms with Crippen molar-refractivity contribution in [3.8, 4) is 0 Å². The van der Waals surface area contributed by atoms with Gasteiger partial charge < -0.3 is 15.3 Å². The van der Waals surface area contributed by atoms with Crippen molar-refractivity contribution in [2.75, 3.05) is 18.0 Å². The third kappa shape index (κ3) is 3.53. The van der Waals surface area contributed by atoms with Crippen LogP contribution in [-0.2, 0) is 16.0 Å². The number of nitrogens with zero attached hydrogens (tertiary/aromatic N) is 1. The molecular weight excluding hydrogens is 323 g/mol. The lowest BCUT2D eigenvalue weighted by molar-refractivity contribution is -0.137. The molecule has 0 radical (unpaired) electrons. The second-order valence-electron chi connectivity index (χ2n) is 6.06. The van der Waals surface area contributed by atoms with Gasteiger partial charge in [-0.25, -0.2) is 4.39 Å². The van der Waals surface area contributed by atoms with Gasteiger partial charge in [0, 0.05) is 18.8 Å². The van der Waals surface area contributed by atoms with Crippen molar-refractivity contribution in [3.05, 3.63) is 65.0 Å². The Morgan fingerprint density at radius 2 is 1.96 bits per heavy atom. The molecule has 3 rings (SSSR count). The number of carbonyl (C=O) groups is 2. The molecule has 1 atom stereocenters. The largest absolute Gasteiger partial charge is 0.387 e. The summed E-state index contributed by atoms with van der Waals surface area (Å²) in [6.07, 6.45) is -0.287. The van der Waals surface area contributed by atoms with Crippen LogP contribution in [-0.4, -0.2) is 30.0 Å². The predicted octanol–water partition coefficient (Wildman–Crippen LogP) is 1.87. The minimum Gasteiger partial charge on any atom is -0.387 e. The maximum absolute atomic E-state index is 12.9. The van der Waals surface area contributed by atoms with Gasteiger partial charge in [0.1, 0.15) is 5.82 Å². The molecule has 2 N–H and O–H groups in total. The molecule has 2 aromatic carbocycles. The van der Waals surface area contributed by atoms with Gasteiger partial charge in [0.2, 0.25) is 0 Å². The lowest BCUT2D eigenvalue weighted by Gasteiger charge is -2.18. The third-order valence-corrected chi connectivity index (χ3v) is 4.41. The van der Waals surface area contributed by atoms with Crippen LogP contribution in [0.1, 0.15) is 22.8 Å². The van der Waals surface area contributed by atoms with Crippen molar-refractivity contribution in [1.82, 2.24) is 5.32 Å². The number of carbonyl (C=O) groups excluding carboxylic acids is 2. The Labute approximate surface area is 145 Å². The molecule has 0 aromatic heterocycles. The Hall–Kier alpha value is -2.73. The van der Waals surface area contributed by atoms with Gasteiger partial charge in [-0.15, -0.1) is 0 Å². The van der Waals surface area contributed by atoms with Gasteiger partial charge >= 0.3 is 11.8 Å². The summed E-state index contributed by atoms with van der Waals surface area (Å²) >= 11 is 0. The molecule has 1 unspecified atom stereocenters. The second-order valence-corrected chi connectivity index (χ2v) is 6.06. The van der Waals surface area contributed by atoms with Crippen molar-refractivity contribution in [3.63, 3.8) is 0 Å². The average molecular weight is 342 g/mol. The maximum Gasteiger partial charge on any atom is 0.316 e. The first-order chi connectivity index (χ1) is 12.0. The Kier molecular flexibility index (Phi) is 4.81. The number of rotatable bonds is 3. The lowest BCUT2D eigenvalue weighted by atomic mass is 10.1. The van der Waals surface area contributed by atoms with E-state index < -0.39 is 23.7 Å². The van der Waals surface area contributed by atoms with E-state index >= 15 is 0 Å². The van der Waals surface area contributed by atoms with Gasteiger partial charge in [-0.05, 0) is 48.2 Å². The molecule has 1 aliphatic rings. The first kappa shape index (κ1) is 17.1. The van der Waals surface area contributed by atoms with Crippen molar-refractivity contribution >= 4 is 17.5 Å². The molecule has 0 saturated heterocycles.